The number of aromatic amines is 1. The number of anilines is 1. The molecule has 4 nitrogen and oxygen atoms in total. The number of ether oxygens (including phenoxy) is 1. The van der Waals surface area contributed by atoms with Crippen molar-refractivity contribution in [2.45, 2.75) is 6.61 Å². The Morgan fingerprint density at radius 1 is 1.16 bits per heavy atom. The normalized spacial score (nSPS) is 10.8. The van der Waals surface area contributed by atoms with Crippen LogP contribution in [0.25, 0.3) is 11.0 Å². The molecule has 0 amide bonds. The van der Waals surface area contributed by atoms with E-state index in [0.29, 0.717) is 28.3 Å². The van der Waals surface area contributed by atoms with Crippen LogP contribution in [0, 0.1) is 5.82 Å². The van der Waals surface area contributed by atoms with Crippen molar-refractivity contribution in [1.29, 1.82) is 0 Å². The summed E-state index contributed by atoms with van der Waals surface area (Å²) in [6.45, 7) is 0.248. The number of aromatic nitrogens is 2. The molecule has 0 unspecified atom stereocenters. The van der Waals surface area contributed by atoms with Gasteiger partial charge in [-0.05, 0) is 36.4 Å². The minimum absolute atomic E-state index is 0.248. The number of fused-ring (bicyclic) bond motifs is 1. The molecule has 0 aliphatic rings. The molecule has 0 aliphatic carbocycles. The summed E-state index contributed by atoms with van der Waals surface area (Å²) in [5.74, 6) is 0.930. The predicted molar refractivity (Wildman–Crippen MR) is 71.2 cm³/mol. The fraction of sp³-hybridized carbons (Fsp3) is 0.0714. The second kappa shape index (κ2) is 4.61. The summed E-state index contributed by atoms with van der Waals surface area (Å²) in [6.07, 6.45) is 0. The molecule has 3 rings (SSSR count). The molecule has 0 atom stereocenters. The number of nitrogens with zero attached hydrogens (tertiary/aromatic N) is 1. The van der Waals surface area contributed by atoms with Crippen LogP contribution < -0.4 is 10.5 Å². The Kier molecular flexibility index (Phi) is 2.79. The van der Waals surface area contributed by atoms with E-state index in [1.165, 1.54) is 6.07 Å². The number of halogens is 1. The molecule has 3 N–H and O–H groups in total. The third kappa shape index (κ3) is 2.35. The summed E-state index contributed by atoms with van der Waals surface area (Å²) in [5, 5.41) is 0. The van der Waals surface area contributed by atoms with E-state index >= 15 is 0 Å². The highest BCUT2D eigenvalue weighted by Crippen LogP contribution is 2.17. The van der Waals surface area contributed by atoms with Crippen LogP contribution >= 0.6 is 0 Å². The van der Waals surface area contributed by atoms with Gasteiger partial charge in [0.1, 0.15) is 23.7 Å². The first kappa shape index (κ1) is 11.5. The number of H-pyrrole nitrogens is 1. The molecule has 0 radical (unpaired) electrons. The van der Waals surface area contributed by atoms with Gasteiger partial charge in [-0.1, -0.05) is 6.07 Å². The molecule has 0 saturated heterocycles. The molecule has 19 heavy (non-hydrogen) atoms. The maximum atomic E-state index is 13.5. The summed E-state index contributed by atoms with van der Waals surface area (Å²) in [6, 6.07) is 11.9. The highest BCUT2D eigenvalue weighted by molar-refractivity contribution is 5.75. The summed E-state index contributed by atoms with van der Waals surface area (Å²) in [4.78, 5) is 7.18. The Bertz CT molecular complexity index is 706. The van der Waals surface area contributed by atoms with Crippen molar-refractivity contribution < 1.29 is 9.13 Å². The van der Waals surface area contributed by atoms with Crippen LogP contribution in [0.4, 0.5) is 10.1 Å². The number of imidazole rings is 1. The molecule has 1 heterocycles. The first-order chi connectivity index (χ1) is 9.22. The van der Waals surface area contributed by atoms with E-state index in [1.807, 2.05) is 0 Å². The third-order valence-electron chi connectivity index (χ3n) is 2.77. The monoisotopic (exact) mass is 257 g/mol. The van der Waals surface area contributed by atoms with E-state index in [2.05, 4.69) is 9.97 Å². The molecule has 0 fully saturated rings. The fourth-order valence-corrected chi connectivity index (χ4v) is 1.83. The maximum Gasteiger partial charge on any atom is 0.151 e. The van der Waals surface area contributed by atoms with Crippen LogP contribution in [0.5, 0.6) is 5.75 Å². The second-order valence-electron chi connectivity index (χ2n) is 4.18. The van der Waals surface area contributed by atoms with Gasteiger partial charge in [0.15, 0.2) is 5.82 Å². The zero-order valence-electron chi connectivity index (χ0n) is 10.1. The van der Waals surface area contributed by atoms with Crippen molar-refractivity contribution in [1.82, 2.24) is 9.97 Å². The zero-order valence-corrected chi connectivity index (χ0v) is 10.1. The first-order valence-electron chi connectivity index (χ1n) is 5.84. The van der Waals surface area contributed by atoms with Gasteiger partial charge in [-0.3, -0.25) is 0 Å². The van der Waals surface area contributed by atoms with Gasteiger partial charge < -0.3 is 15.5 Å². The van der Waals surface area contributed by atoms with Crippen LogP contribution in [0.2, 0.25) is 0 Å². The van der Waals surface area contributed by atoms with Crippen molar-refractivity contribution in [2.24, 2.45) is 0 Å². The van der Waals surface area contributed by atoms with E-state index in [-0.39, 0.29) is 12.4 Å². The number of benzene rings is 2. The van der Waals surface area contributed by atoms with E-state index < -0.39 is 0 Å². The van der Waals surface area contributed by atoms with Gasteiger partial charge in [0.05, 0.1) is 5.52 Å². The fourth-order valence-electron chi connectivity index (χ4n) is 1.83. The molecular formula is C14H12FN3O. The van der Waals surface area contributed by atoms with Crippen molar-refractivity contribution in [3.63, 3.8) is 0 Å². The van der Waals surface area contributed by atoms with E-state index in [4.69, 9.17) is 10.5 Å². The number of nitrogen functional groups attached to an aromatic ring is 1. The molecule has 3 aromatic rings. The Morgan fingerprint density at radius 3 is 2.68 bits per heavy atom. The average Bonchev–Trinajstić information content (AvgIpc) is 2.83. The van der Waals surface area contributed by atoms with Gasteiger partial charge in [0.2, 0.25) is 0 Å². The number of nitrogens with two attached hydrogens (primary N) is 1. The molecule has 0 aliphatic heterocycles. The van der Waals surface area contributed by atoms with Crippen LogP contribution in [0.3, 0.4) is 0 Å². The predicted octanol–water partition coefficient (Wildman–Crippen LogP) is 2.86. The van der Waals surface area contributed by atoms with Crippen molar-refractivity contribution in [3.05, 3.63) is 54.1 Å². The topological polar surface area (TPSA) is 63.9 Å². The van der Waals surface area contributed by atoms with Crippen molar-refractivity contribution in [3.8, 4) is 5.75 Å². The first-order valence-corrected chi connectivity index (χ1v) is 5.84. The molecule has 0 bridgehead atoms. The summed E-state index contributed by atoms with van der Waals surface area (Å²) in [5.41, 5.74) is 7.26. The smallest absolute Gasteiger partial charge is 0.151 e. The number of hydrogen-bond acceptors (Lipinski definition) is 3. The number of hydrogen-bond donors (Lipinski definition) is 2. The van der Waals surface area contributed by atoms with Gasteiger partial charge >= 0.3 is 0 Å². The Labute approximate surface area is 109 Å². The van der Waals surface area contributed by atoms with E-state index in [0.717, 1.165) is 0 Å². The van der Waals surface area contributed by atoms with Crippen LogP contribution in [-0.4, -0.2) is 9.97 Å². The molecule has 0 spiro atoms. The molecule has 1 aromatic heterocycles. The SMILES string of the molecule is Nc1ccc(OCc2nc3c(F)cccc3[nH]2)cc1. The summed E-state index contributed by atoms with van der Waals surface area (Å²) < 4.78 is 19.0. The Hall–Kier alpha value is -2.56. The number of para-hydroxylation sites is 1. The maximum absolute atomic E-state index is 13.5. The van der Waals surface area contributed by atoms with E-state index in [1.54, 1.807) is 36.4 Å². The van der Waals surface area contributed by atoms with Gasteiger partial charge in [-0.15, -0.1) is 0 Å². The van der Waals surface area contributed by atoms with Gasteiger partial charge in [0.25, 0.3) is 0 Å². The van der Waals surface area contributed by atoms with Gasteiger partial charge in [0, 0.05) is 5.69 Å². The highest BCUT2D eigenvalue weighted by atomic mass is 19.1. The van der Waals surface area contributed by atoms with E-state index in [9.17, 15) is 4.39 Å². The number of nitrogens with one attached hydrogen (secondary N) is 1. The lowest BCUT2D eigenvalue weighted by molar-refractivity contribution is 0.297. The molecule has 0 saturated carbocycles. The van der Waals surface area contributed by atoms with Crippen LogP contribution in [0.15, 0.2) is 42.5 Å². The standard InChI is InChI=1S/C14H12FN3O/c15-11-2-1-3-12-14(11)18-13(17-12)8-19-10-6-4-9(16)5-7-10/h1-7H,8,16H2,(H,17,18). The summed E-state index contributed by atoms with van der Waals surface area (Å²) in [7, 11) is 0. The lowest BCUT2D eigenvalue weighted by atomic mass is 10.3. The minimum Gasteiger partial charge on any atom is -0.486 e. The third-order valence-corrected chi connectivity index (χ3v) is 2.77. The highest BCUT2D eigenvalue weighted by Gasteiger charge is 2.07. The van der Waals surface area contributed by atoms with Crippen LogP contribution in [0.1, 0.15) is 5.82 Å². The quantitative estimate of drug-likeness (QED) is 0.709. The van der Waals surface area contributed by atoms with Gasteiger partial charge in [-0.25, -0.2) is 9.37 Å². The molecule has 96 valence electrons. The van der Waals surface area contributed by atoms with Crippen LogP contribution in [-0.2, 0) is 6.61 Å². The molecular weight excluding hydrogens is 245 g/mol. The number of rotatable bonds is 3. The van der Waals surface area contributed by atoms with Gasteiger partial charge in [-0.2, -0.15) is 0 Å². The Balaban J connectivity index is 1.78. The summed E-state index contributed by atoms with van der Waals surface area (Å²) >= 11 is 0. The lowest BCUT2D eigenvalue weighted by Gasteiger charge is -2.03. The zero-order chi connectivity index (χ0) is 13.2. The lowest BCUT2D eigenvalue weighted by Crippen LogP contribution is -1.97. The second-order valence-corrected chi connectivity index (χ2v) is 4.18. The van der Waals surface area contributed by atoms with Crippen molar-refractivity contribution in [2.75, 3.05) is 5.73 Å². The average molecular weight is 257 g/mol. The van der Waals surface area contributed by atoms with Crippen molar-refractivity contribution >= 4 is 16.7 Å². The Morgan fingerprint density at radius 2 is 1.95 bits per heavy atom. The molecule has 2 aromatic carbocycles. The minimum atomic E-state index is -0.340. The molecule has 5 heteroatoms. The largest absolute Gasteiger partial charge is 0.486 e.